The van der Waals surface area contributed by atoms with Gasteiger partial charge in [0.1, 0.15) is 0 Å². The molecule has 1 aliphatic heterocycles. The Labute approximate surface area is 78.1 Å². The lowest BCUT2D eigenvalue weighted by molar-refractivity contribution is -0.137. The van der Waals surface area contributed by atoms with Crippen molar-refractivity contribution in [3.63, 3.8) is 0 Å². The lowest BCUT2D eigenvalue weighted by atomic mass is 9.75. The van der Waals surface area contributed by atoms with Crippen LogP contribution >= 0.6 is 0 Å². The van der Waals surface area contributed by atoms with Crippen molar-refractivity contribution in [2.75, 3.05) is 13.2 Å². The van der Waals surface area contributed by atoms with Gasteiger partial charge in [-0.3, -0.25) is 0 Å². The Morgan fingerprint density at radius 2 is 2.62 bits per heavy atom. The Morgan fingerprint density at radius 3 is 3.31 bits per heavy atom. The lowest BCUT2D eigenvalue weighted by Crippen LogP contribution is -2.38. The monoisotopic (exact) mass is 181 g/mol. The second kappa shape index (κ2) is 3.50. The molecule has 0 spiro atoms. The van der Waals surface area contributed by atoms with Crippen LogP contribution in [0.15, 0.2) is 11.6 Å². The number of nitrogens with one attached hydrogen (secondary N) is 1. The topological polar surface area (TPSA) is 38.3 Å². The predicted octanol–water partition coefficient (Wildman–Crippen LogP) is 0.858. The van der Waals surface area contributed by atoms with E-state index in [1.807, 2.05) is 6.92 Å². The molecule has 1 N–H and O–H groups in total. The van der Waals surface area contributed by atoms with Gasteiger partial charge in [-0.1, -0.05) is 5.57 Å². The number of rotatable bonds is 2. The molecule has 1 heterocycles. The molecule has 0 aromatic rings. The Bertz CT molecular complexity index is 247. The van der Waals surface area contributed by atoms with Gasteiger partial charge in [-0.15, -0.1) is 0 Å². The van der Waals surface area contributed by atoms with Crippen molar-refractivity contribution in [2.24, 2.45) is 5.92 Å². The average molecular weight is 181 g/mol. The SMILES string of the molecule is CCOC(=O)/C=C1\CC2NCCC12. The van der Waals surface area contributed by atoms with E-state index in [1.54, 1.807) is 6.08 Å². The van der Waals surface area contributed by atoms with E-state index in [0.717, 1.165) is 13.0 Å². The van der Waals surface area contributed by atoms with E-state index >= 15 is 0 Å². The Morgan fingerprint density at radius 1 is 1.77 bits per heavy atom. The van der Waals surface area contributed by atoms with E-state index in [1.165, 1.54) is 12.0 Å². The second-order valence-electron chi connectivity index (χ2n) is 3.63. The molecule has 2 fully saturated rings. The molecule has 0 radical (unpaired) electrons. The maximum Gasteiger partial charge on any atom is 0.330 e. The van der Waals surface area contributed by atoms with Crippen molar-refractivity contribution in [1.82, 2.24) is 5.32 Å². The summed E-state index contributed by atoms with van der Waals surface area (Å²) < 4.78 is 4.86. The van der Waals surface area contributed by atoms with Gasteiger partial charge in [0.15, 0.2) is 0 Å². The van der Waals surface area contributed by atoms with Crippen LogP contribution in [-0.4, -0.2) is 25.2 Å². The quantitative estimate of drug-likeness (QED) is 0.507. The first-order valence-electron chi connectivity index (χ1n) is 4.92. The van der Waals surface area contributed by atoms with Crippen molar-refractivity contribution in [2.45, 2.75) is 25.8 Å². The zero-order chi connectivity index (χ0) is 9.26. The fourth-order valence-electron chi connectivity index (χ4n) is 2.17. The minimum atomic E-state index is -0.178. The third-order valence-corrected chi connectivity index (χ3v) is 2.87. The maximum atomic E-state index is 11.1. The summed E-state index contributed by atoms with van der Waals surface area (Å²) in [6.45, 7) is 3.39. The number of carbonyl (C=O) groups is 1. The van der Waals surface area contributed by atoms with E-state index in [2.05, 4.69) is 5.32 Å². The van der Waals surface area contributed by atoms with Gasteiger partial charge in [-0.25, -0.2) is 4.79 Å². The second-order valence-corrected chi connectivity index (χ2v) is 3.63. The number of ether oxygens (including phenoxy) is 1. The summed E-state index contributed by atoms with van der Waals surface area (Å²) in [5, 5.41) is 3.40. The zero-order valence-electron chi connectivity index (χ0n) is 7.88. The summed E-state index contributed by atoms with van der Waals surface area (Å²) in [5.41, 5.74) is 1.27. The highest BCUT2D eigenvalue weighted by Crippen LogP contribution is 2.39. The minimum Gasteiger partial charge on any atom is -0.463 e. The summed E-state index contributed by atoms with van der Waals surface area (Å²) in [6, 6.07) is 0.640. The summed E-state index contributed by atoms with van der Waals surface area (Å²) in [6.07, 6.45) is 3.89. The molecular weight excluding hydrogens is 166 g/mol. The fraction of sp³-hybridized carbons (Fsp3) is 0.700. The number of hydrogen-bond acceptors (Lipinski definition) is 3. The highest BCUT2D eigenvalue weighted by atomic mass is 16.5. The van der Waals surface area contributed by atoms with Crippen LogP contribution in [0.25, 0.3) is 0 Å². The van der Waals surface area contributed by atoms with Crippen LogP contribution < -0.4 is 5.32 Å². The van der Waals surface area contributed by atoms with Crippen LogP contribution in [0.3, 0.4) is 0 Å². The summed E-state index contributed by atoms with van der Waals surface area (Å²) >= 11 is 0. The molecule has 0 bridgehead atoms. The van der Waals surface area contributed by atoms with Crippen LogP contribution in [0.2, 0.25) is 0 Å². The first-order valence-corrected chi connectivity index (χ1v) is 4.92. The molecule has 2 aliphatic rings. The largest absolute Gasteiger partial charge is 0.463 e. The number of hydrogen-bond donors (Lipinski definition) is 1. The Balaban J connectivity index is 1.91. The van der Waals surface area contributed by atoms with Crippen LogP contribution in [0.4, 0.5) is 0 Å². The maximum absolute atomic E-state index is 11.1. The average Bonchev–Trinajstić information content (AvgIpc) is 2.43. The normalized spacial score (nSPS) is 34.1. The van der Waals surface area contributed by atoms with Crippen LogP contribution in [0.5, 0.6) is 0 Å². The van der Waals surface area contributed by atoms with Gasteiger partial charge in [-0.2, -0.15) is 0 Å². The van der Waals surface area contributed by atoms with Gasteiger partial charge in [0.2, 0.25) is 0 Å². The van der Waals surface area contributed by atoms with E-state index in [9.17, 15) is 4.79 Å². The molecule has 13 heavy (non-hydrogen) atoms. The molecule has 72 valence electrons. The van der Waals surface area contributed by atoms with Crippen LogP contribution in [0, 0.1) is 5.92 Å². The van der Waals surface area contributed by atoms with E-state index < -0.39 is 0 Å². The highest BCUT2D eigenvalue weighted by Gasteiger charge is 2.39. The molecule has 2 unspecified atom stereocenters. The lowest BCUT2D eigenvalue weighted by Gasteiger charge is -2.33. The number of fused-ring (bicyclic) bond motifs is 1. The molecule has 0 aromatic carbocycles. The molecule has 3 nitrogen and oxygen atoms in total. The summed E-state index contributed by atoms with van der Waals surface area (Å²) in [4.78, 5) is 11.1. The Hall–Kier alpha value is -0.830. The first kappa shape index (κ1) is 8.75. The van der Waals surface area contributed by atoms with Gasteiger partial charge in [0, 0.05) is 12.1 Å². The molecule has 1 saturated carbocycles. The summed E-state index contributed by atoms with van der Waals surface area (Å²) in [5.74, 6) is 0.437. The standard InChI is InChI=1S/C10H15NO2/c1-2-13-10(12)6-7-5-9-8(7)3-4-11-9/h6,8-9,11H,2-5H2,1H3/b7-6+. The molecule has 1 saturated heterocycles. The van der Waals surface area contributed by atoms with Gasteiger partial charge >= 0.3 is 5.97 Å². The molecule has 0 amide bonds. The first-order chi connectivity index (χ1) is 6.31. The third-order valence-electron chi connectivity index (χ3n) is 2.87. The van der Waals surface area contributed by atoms with Gasteiger partial charge < -0.3 is 10.1 Å². The fourth-order valence-corrected chi connectivity index (χ4v) is 2.17. The highest BCUT2D eigenvalue weighted by molar-refractivity contribution is 5.83. The van der Waals surface area contributed by atoms with Crippen molar-refractivity contribution in [1.29, 1.82) is 0 Å². The number of esters is 1. The van der Waals surface area contributed by atoms with Crippen molar-refractivity contribution < 1.29 is 9.53 Å². The molecule has 1 aliphatic carbocycles. The van der Waals surface area contributed by atoms with Crippen LogP contribution in [-0.2, 0) is 9.53 Å². The predicted molar refractivity (Wildman–Crippen MR) is 49.2 cm³/mol. The van der Waals surface area contributed by atoms with Crippen LogP contribution in [0.1, 0.15) is 19.8 Å². The molecule has 2 atom stereocenters. The summed E-state index contributed by atoms with van der Waals surface area (Å²) in [7, 11) is 0. The number of carbonyl (C=O) groups excluding carboxylic acids is 1. The van der Waals surface area contributed by atoms with Crippen molar-refractivity contribution in [3.05, 3.63) is 11.6 Å². The van der Waals surface area contributed by atoms with E-state index in [0.29, 0.717) is 18.6 Å². The molecule has 2 rings (SSSR count). The van der Waals surface area contributed by atoms with Gasteiger partial charge in [-0.05, 0) is 32.2 Å². The molecule has 0 aromatic heterocycles. The minimum absolute atomic E-state index is 0.178. The smallest absolute Gasteiger partial charge is 0.330 e. The Kier molecular flexibility index (Phi) is 2.36. The van der Waals surface area contributed by atoms with Gasteiger partial charge in [0.25, 0.3) is 0 Å². The van der Waals surface area contributed by atoms with Crippen molar-refractivity contribution >= 4 is 5.97 Å². The molecular formula is C10H15NO2. The van der Waals surface area contributed by atoms with Crippen molar-refractivity contribution in [3.8, 4) is 0 Å². The molecule has 3 heteroatoms. The zero-order valence-corrected chi connectivity index (χ0v) is 7.88. The van der Waals surface area contributed by atoms with E-state index in [4.69, 9.17) is 4.74 Å². The van der Waals surface area contributed by atoms with E-state index in [-0.39, 0.29) is 5.97 Å². The van der Waals surface area contributed by atoms with Gasteiger partial charge in [0.05, 0.1) is 6.61 Å². The third kappa shape index (κ3) is 1.61.